The van der Waals surface area contributed by atoms with Crippen LogP contribution in [-0.2, 0) is 9.47 Å². The number of hydrogen-bond donors (Lipinski definition) is 3. The fourth-order valence-corrected chi connectivity index (χ4v) is 7.97. The van der Waals surface area contributed by atoms with Crippen LogP contribution in [0.3, 0.4) is 0 Å². The van der Waals surface area contributed by atoms with Crippen LogP contribution in [0.2, 0.25) is 0 Å². The summed E-state index contributed by atoms with van der Waals surface area (Å²) in [5, 5.41) is 26.6. The third-order valence-corrected chi connectivity index (χ3v) is 11.3. The average molecular weight is 787 g/mol. The lowest BCUT2D eigenvalue weighted by molar-refractivity contribution is 0.122. The summed E-state index contributed by atoms with van der Waals surface area (Å²) in [4.78, 5) is 23.8. The molecule has 0 aliphatic carbocycles. The van der Waals surface area contributed by atoms with Crippen molar-refractivity contribution in [2.75, 3.05) is 62.4 Å². The van der Waals surface area contributed by atoms with E-state index in [4.69, 9.17) is 19.4 Å². The molecule has 298 valence electrons. The molecule has 3 N–H and O–H groups in total. The number of hydrogen-bond acceptors (Lipinski definition) is 11. The molecule has 13 nitrogen and oxygen atoms in total. The number of nitrogens with one attached hydrogen (secondary N) is 2. The van der Waals surface area contributed by atoms with Gasteiger partial charge in [-0.15, -0.1) is 0 Å². The number of pyridine rings is 4. The fraction of sp³-hybridized carbons (Fsp3) is 0.261. The molecule has 13 heteroatoms. The minimum absolute atomic E-state index is 0.338. The first-order chi connectivity index (χ1) is 28.8. The Balaban J connectivity index is 0.000000152. The third-order valence-electron chi connectivity index (χ3n) is 11.3. The zero-order valence-corrected chi connectivity index (χ0v) is 33.7. The van der Waals surface area contributed by atoms with E-state index in [2.05, 4.69) is 90.4 Å². The molecule has 0 saturated carbocycles. The molecule has 2 aliphatic rings. The summed E-state index contributed by atoms with van der Waals surface area (Å²) < 4.78 is 11.1. The summed E-state index contributed by atoms with van der Waals surface area (Å²) in [7, 11) is 0. The highest BCUT2D eigenvalue weighted by Gasteiger charge is 2.21. The minimum Gasteiger partial charge on any atom is -0.507 e. The van der Waals surface area contributed by atoms with Crippen LogP contribution in [0.15, 0.2) is 91.5 Å². The molecule has 8 heterocycles. The first kappa shape index (κ1) is 37.9. The van der Waals surface area contributed by atoms with Gasteiger partial charge >= 0.3 is 0 Å². The smallest absolute Gasteiger partial charge is 0.130 e. The topological polar surface area (TPSA) is 154 Å². The average Bonchev–Trinajstić information content (AvgIpc) is 4.03. The standard InChI is InChI=1S/C23H23N5O2.C23H23N5O/c1-14-11-16(12-15(2)23(14)29)18-13-20(28-7-9-30-10-8-28)26-21-17(18)3-5-24-22(21)19-4-6-25-27-19;1-15-4-3-5-17(16(15)2)19-14-21(28-10-12-29-13-11-28)26-22-18(19)6-8-24-23(22)20-7-9-25-27-20/h3-6,11-13,29H,7-10H2,1-2H3,(H,25,27);3-9,14H,10-13H2,1-2H3,(H,25,27). The largest absolute Gasteiger partial charge is 0.507 e. The Bertz CT molecular complexity index is 2730. The number of phenolic OH excluding ortho intramolecular Hbond substituents is 1. The number of morpholine rings is 2. The van der Waals surface area contributed by atoms with Crippen LogP contribution < -0.4 is 9.80 Å². The molecular weight excluding hydrogens is 741 g/mol. The number of aromatic hydroxyl groups is 1. The van der Waals surface area contributed by atoms with Gasteiger partial charge in [0.15, 0.2) is 0 Å². The Kier molecular flexibility index (Phi) is 10.4. The number of benzene rings is 2. The Hall–Kier alpha value is -6.70. The van der Waals surface area contributed by atoms with E-state index in [1.165, 1.54) is 22.3 Å². The van der Waals surface area contributed by atoms with E-state index in [1.807, 2.05) is 50.4 Å². The van der Waals surface area contributed by atoms with Crippen molar-refractivity contribution in [2.45, 2.75) is 27.7 Å². The molecule has 2 saturated heterocycles. The van der Waals surface area contributed by atoms with E-state index in [0.29, 0.717) is 19.0 Å². The molecule has 6 aromatic heterocycles. The molecule has 0 bridgehead atoms. The zero-order chi connectivity index (χ0) is 40.5. The van der Waals surface area contributed by atoms with Crippen molar-refractivity contribution in [3.05, 3.63) is 114 Å². The number of aromatic amines is 2. The van der Waals surface area contributed by atoms with Crippen molar-refractivity contribution in [1.82, 2.24) is 40.3 Å². The van der Waals surface area contributed by atoms with Crippen LogP contribution in [0.4, 0.5) is 11.6 Å². The fourth-order valence-electron chi connectivity index (χ4n) is 7.97. The number of aromatic nitrogens is 8. The molecule has 0 unspecified atom stereocenters. The number of H-pyrrole nitrogens is 2. The van der Waals surface area contributed by atoms with Gasteiger partial charge in [0, 0.05) is 61.7 Å². The van der Waals surface area contributed by atoms with Gasteiger partial charge in [0.1, 0.15) is 39.8 Å². The highest BCUT2D eigenvalue weighted by molar-refractivity contribution is 6.03. The van der Waals surface area contributed by atoms with Crippen LogP contribution in [-0.4, -0.2) is 98.0 Å². The first-order valence-electron chi connectivity index (χ1n) is 20.0. The maximum Gasteiger partial charge on any atom is 0.130 e. The molecule has 2 fully saturated rings. The van der Waals surface area contributed by atoms with Gasteiger partial charge in [-0.3, -0.25) is 20.2 Å². The highest BCUT2D eigenvalue weighted by atomic mass is 16.5. The third kappa shape index (κ3) is 7.46. The molecule has 8 aromatic rings. The Morgan fingerprint density at radius 2 is 1.07 bits per heavy atom. The van der Waals surface area contributed by atoms with Gasteiger partial charge in [-0.1, -0.05) is 18.2 Å². The monoisotopic (exact) mass is 786 g/mol. The second-order valence-corrected chi connectivity index (χ2v) is 15.0. The Morgan fingerprint density at radius 1 is 0.559 bits per heavy atom. The van der Waals surface area contributed by atoms with Gasteiger partial charge in [0.25, 0.3) is 0 Å². The van der Waals surface area contributed by atoms with Gasteiger partial charge in [-0.2, -0.15) is 10.2 Å². The molecule has 0 spiro atoms. The summed E-state index contributed by atoms with van der Waals surface area (Å²) >= 11 is 0. The minimum atomic E-state index is 0.338. The number of fused-ring (bicyclic) bond motifs is 2. The van der Waals surface area contributed by atoms with E-state index in [-0.39, 0.29) is 0 Å². The maximum atomic E-state index is 10.3. The number of anilines is 2. The number of phenols is 1. The van der Waals surface area contributed by atoms with Crippen molar-refractivity contribution in [1.29, 1.82) is 0 Å². The van der Waals surface area contributed by atoms with Crippen LogP contribution in [0.1, 0.15) is 22.3 Å². The second kappa shape index (κ2) is 16.3. The molecule has 59 heavy (non-hydrogen) atoms. The van der Waals surface area contributed by atoms with Crippen LogP contribution >= 0.6 is 0 Å². The molecule has 0 radical (unpaired) electrons. The van der Waals surface area contributed by atoms with Gasteiger partial charge in [-0.05, 0) is 121 Å². The lowest BCUT2D eigenvalue weighted by Gasteiger charge is -2.29. The molecule has 2 aliphatic heterocycles. The van der Waals surface area contributed by atoms with E-state index in [0.717, 1.165) is 118 Å². The lowest BCUT2D eigenvalue weighted by Crippen LogP contribution is -2.36. The summed E-state index contributed by atoms with van der Waals surface area (Å²) in [6.07, 6.45) is 7.12. The van der Waals surface area contributed by atoms with Gasteiger partial charge in [0.2, 0.25) is 0 Å². The van der Waals surface area contributed by atoms with Crippen molar-refractivity contribution < 1.29 is 14.6 Å². The van der Waals surface area contributed by atoms with Gasteiger partial charge < -0.3 is 24.4 Å². The van der Waals surface area contributed by atoms with Crippen molar-refractivity contribution in [2.24, 2.45) is 0 Å². The van der Waals surface area contributed by atoms with Crippen LogP contribution in [0, 0.1) is 27.7 Å². The number of ether oxygens (including phenoxy) is 2. The lowest BCUT2D eigenvalue weighted by atomic mass is 9.94. The number of rotatable bonds is 6. The zero-order valence-electron chi connectivity index (χ0n) is 33.7. The quantitative estimate of drug-likeness (QED) is 0.150. The summed E-state index contributed by atoms with van der Waals surface area (Å²) in [6, 6.07) is 22.8. The summed E-state index contributed by atoms with van der Waals surface area (Å²) in [6.45, 7) is 14.3. The normalized spacial score (nSPS) is 14.4. The predicted octanol–water partition coefficient (Wildman–Crippen LogP) is 7.99. The van der Waals surface area contributed by atoms with Gasteiger partial charge in [0.05, 0.1) is 37.8 Å². The van der Waals surface area contributed by atoms with Crippen molar-refractivity contribution in [3.63, 3.8) is 0 Å². The summed E-state index contributed by atoms with van der Waals surface area (Å²) in [5.41, 5.74) is 13.8. The first-order valence-corrected chi connectivity index (χ1v) is 20.0. The van der Waals surface area contributed by atoms with E-state index in [1.54, 1.807) is 18.6 Å². The Morgan fingerprint density at radius 3 is 1.58 bits per heavy atom. The molecule has 0 atom stereocenters. The maximum absolute atomic E-state index is 10.3. The second-order valence-electron chi connectivity index (χ2n) is 15.0. The van der Waals surface area contributed by atoms with E-state index >= 15 is 0 Å². The van der Waals surface area contributed by atoms with Crippen molar-refractivity contribution in [3.8, 4) is 50.8 Å². The Labute approximate surface area is 342 Å². The van der Waals surface area contributed by atoms with Crippen LogP contribution in [0.5, 0.6) is 5.75 Å². The van der Waals surface area contributed by atoms with Crippen molar-refractivity contribution >= 4 is 33.4 Å². The summed E-state index contributed by atoms with van der Waals surface area (Å²) in [5.74, 6) is 2.20. The number of aryl methyl sites for hydroxylation is 3. The highest BCUT2D eigenvalue weighted by Crippen LogP contribution is 2.39. The molecule has 2 aromatic carbocycles. The van der Waals surface area contributed by atoms with Crippen LogP contribution in [0.25, 0.3) is 66.8 Å². The molecule has 0 amide bonds. The van der Waals surface area contributed by atoms with E-state index in [9.17, 15) is 5.11 Å². The van der Waals surface area contributed by atoms with E-state index < -0.39 is 0 Å². The number of nitrogens with zero attached hydrogens (tertiary/aromatic N) is 8. The predicted molar refractivity (Wildman–Crippen MR) is 232 cm³/mol. The SMILES string of the molecule is Cc1cc(-c2cc(N3CCOCC3)nc3c(-c4ccn[nH]4)nccc23)cc(C)c1O.Cc1cccc(-c2cc(N3CCOCC3)nc3c(-c4ccn[nH]4)nccc23)c1C. The molecule has 10 rings (SSSR count). The van der Waals surface area contributed by atoms with Gasteiger partial charge in [-0.25, -0.2) is 9.97 Å². The molecular formula is C46H46N10O3.